The summed E-state index contributed by atoms with van der Waals surface area (Å²) in [6, 6.07) is 27.2. The molecule has 4 aromatic carbocycles. The lowest BCUT2D eigenvalue weighted by atomic mass is 10.1. The molecule has 0 radical (unpaired) electrons. The van der Waals surface area contributed by atoms with Crippen molar-refractivity contribution in [1.29, 1.82) is 0 Å². The summed E-state index contributed by atoms with van der Waals surface area (Å²) in [6.45, 7) is 4.28. The Labute approximate surface area is 368 Å². The zero-order chi connectivity index (χ0) is 44.6. The van der Waals surface area contributed by atoms with Crippen LogP contribution in [0.15, 0.2) is 113 Å². The number of nitrogens with zero attached hydrogens (tertiary/aromatic N) is 4. The quantitative estimate of drug-likeness (QED) is 0.0447. The zero-order valence-corrected chi connectivity index (χ0v) is 36.6. The number of carbonyl (C=O) groups is 2. The van der Waals surface area contributed by atoms with E-state index in [1.807, 2.05) is 30.3 Å². The lowest BCUT2D eigenvalue weighted by molar-refractivity contribution is -0.118. The predicted octanol–water partition coefficient (Wildman–Crippen LogP) is 9.60. The Hall–Kier alpha value is -6.63. The number of esters is 1. The SMILES string of the molecule is CCCCCCCCCCCCCCOC(=O)c1ccc(OC)c(NC(=O)C(c2nc3ccccc3c(=O)n2-c2ccccc2)n2c(O)c(OCC)n(Cc3ccccc3)c2=O)c1. The van der Waals surface area contributed by atoms with Gasteiger partial charge >= 0.3 is 11.7 Å². The maximum Gasteiger partial charge on any atom is 0.338 e. The largest absolute Gasteiger partial charge is 0.495 e. The van der Waals surface area contributed by atoms with E-state index in [0.717, 1.165) is 35.8 Å². The molecule has 0 spiro atoms. The van der Waals surface area contributed by atoms with Gasteiger partial charge in [0, 0.05) is 0 Å². The Morgan fingerprint density at radius 2 is 1.38 bits per heavy atom. The van der Waals surface area contributed by atoms with Crippen molar-refractivity contribution in [3.8, 4) is 23.2 Å². The van der Waals surface area contributed by atoms with Crippen LogP contribution in [0.4, 0.5) is 5.69 Å². The molecule has 2 N–H and O–H groups in total. The second-order valence-corrected chi connectivity index (χ2v) is 15.6. The Kier molecular flexibility index (Phi) is 16.7. The number of aromatic nitrogens is 4. The van der Waals surface area contributed by atoms with Crippen molar-refractivity contribution < 1.29 is 28.9 Å². The number of nitrogens with one attached hydrogen (secondary N) is 1. The van der Waals surface area contributed by atoms with Crippen LogP contribution in [0.2, 0.25) is 0 Å². The molecule has 2 aromatic heterocycles. The fraction of sp³-hybridized carbons (Fsp3) is 0.380. The first-order valence-electron chi connectivity index (χ1n) is 22.2. The zero-order valence-electron chi connectivity index (χ0n) is 36.6. The van der Waals surface area contributed by atoms with Crippen LogP contribution in [-0.4, -0.2) is 56.0 Å². The van der Waals surface area contributed by atoms with Gasteiger partial charge in [0.25, 0.3) is 23.2 Å². The predicted molar refractivity (Wildman–Crippen MR) is 246 cm³/mol. The van der Waals surface area contributed by atoms with Crippen molar-refractivity contribution in [2.75, 3.05) is 25.6 Å². The molecule has 2 heterocycles. The summed E-state index contributed by atoms with van der Waals surface area (Å²) in [4.78, 5) is 62.4. The summed E-state index contributed by atoms with van der Waals surface area (Å²) in [7, 11) is 1.42. The van der Waals surface area contributed by atoms with Gasteiger partial charge in [-0.3, -0.25) is 18.7 Å². The molecule has 1 unspecified atom stereocenters. The van der Waals surface area contributed by atoms with Crippen molar-refractivity contribution in [2.24, 2.45) is 0 Å². The Balaban J connectivity index is 1.31. The summed E-state index contributed by atoms with van der Waals surface area (Å²) < 4.78 is 20.5. The number of unbranched alkanes of at least 4 members (excludes halogenated alkanes) is 11. The molecular weight excluding hydrogens is 799 g/mol. The third-order valence-electron chi connectivity index (χ3n) is 11.1. The number of rotatable bonds is 24. The van der Waals surface area contributed by atoms with E-state index in [4.69, 9.17) is 19.2 Å². The van der Waals surface area contributed by atoms with Crippen molar-refractivity contribution in [3.63, 3.8) is 0 Å². The minimum Gasteiger partial charge on any atom is -0.495 e. The molecule has 1 atom stereocenters. The molecule has 332 valence electrons. The second kappa shape index (κ2) is 23.0. The number of ether oxygens (including phenoxy) is 3. The molecule has 0 fully saturated rings. The van der Waals surface area contributed by atoms with Crippen molar-refractivity contribution in [1.82, 2.24) is 18.7 Å². The third kappa shape index (κ3) is 11.4. The smallest absolute Gasteiger partial charge is 0.338 e. The second-order valence-electron chi connectivity index (χ2n) is 15.6. The van der Waals surface area contributed by atoms with Gasteiger partial charge in [0.1, 0.15) is 11.6 Å². The summed E-state index contributed by atoms with van der Waals surface area (Å²) in [5.74, 6) is -2.23. The Morgan fingerprint density at radius 1 is 0.762 bits per heavy atom. The molecule has 0 bridgehead atoms. The molecule has 63 heavy (non-hydrogen) atoms. The highest BCUT2D eigenvalue weighted by atomic mass is 16.5. The molecule has 6 aromatic rings. The minimum absolute atomic E-state index is 0.00220. The van der Waals surface area contributed by atoms with Gasteiger partial charge in [-0.05, 0) is 61.4 Å². The van der Waals surface area contributed by atoms with Gasteiger partial charge < -0.3 is 24.6 Å². The molecule has 0 saturated heterocycles. The van der Waals surface area contributed by atoms with E-state index in [2.05, 4.69) is 12.2 Å². The summed E-state index contributed by atoms with van der Waals surface area (Å²) in [5, 5.41) is 15.1. The van der Waals surface area contributed by atoms with E-state index in [-0.39, 0.29) is 59.4 Å². The van der Waals surface area contributed by atoms with E-state index >= 15 is 4.79 Å². The van der Waals surface area contributed by atoms with E-state index < -0.39 is 35.0 Å². The monoisotopic (exact) mass is 857 g/mol. The molecule has 6 rings (SSSR count). The van der Waals surface area contributed by atoms with E-state index in [1.165, 1.54) is 79.7 Å². The minimum atomic E-state index is -1.78. The number of imidazole rings is 1. The van der Waals surface area contributed by atoms with Gasteiger partial charge in [-0.15, -0.1) is 0 Å². The number of anilines is 1. The molecule has 13 nitrogen and oxygen atoms in total. The van der Waals surface area contributed by atoms with Gasteiger partial charge in [0.05, 0.1) is 54.7 Å². The summed E-state index contributed by atoms with van der Waals surface area (Å²) >= 11 is 0. The van der Waals surface area contributed by atoms with Crippen molar-refractivity contribution in [3.05, 3.63) is 141 Å². The summed E-state index contributed by atoms with van der Waals surface area (Å²) in [6.07, 6.45) is 14.3. The normalized spacial score (nSPS) is 11.7. The van der Waals surface area contributed by atoms with E-state index in [0.29, 0.717) is 5.69 Å². The van der Waals surface area contributed by atoms with Gasteiger partial charge in [-0.2, -0.15) is 0 Å². The molecule has 0 aliphatic heterocycles. The third-order valence-corrected chi connectivity index (χ3v) is 11.1. The number of fused-ring (bicyclic) bond motifs is 1. The molecule has 0 saturated carbocycles. The van der Waals surface area contributed by atoms with Gasteiger partial charge in [0.15, 0.2) is 6.04 Å². The van der Waals surface area contributed by atoms with Crippen LogP contribution in [0.1, 0.15) is 119 Å². The standard InChI is InChI=1S/C50H59N5O8/c1-4-6-7-8-9-10-11-12-13-14-15-24-33-63-49(59)37-31-32-42(61-3)41(34-37)52-45(56)43(55-47(58)48(62-5-2)53(50(55)60)35-36-25-18-16-19-26-36)44-51-40-30-23-22-29-39(40)46(57)54(44)38-27-20-17-21-28-38/h16-23,25-32,34,43,58H,4-15,24,33,35H2,1-3H3,(H,52,56). The van der Waals surface area contributed by atoms with Gasteiger partial charge in [0.2, 0.25) is 0 Å². The highest BCUT2D eigenvalue weighted by molar-refractivity contribution is 5.99. The number of amides is 1. The van der Waals surface area contributed by atoms with Gasteiger partial charge in [-0.1, -0.05) is 138 Å². The molecule has 0 aliphatic rings. The lowest BCUT2D eigenvalue weighted by Gasteiger charge is -2.23. The Morgan fingerprint density at radius 3 is 2.03 bits per heavy atom. The first-order valence-corrected chi connectivity index (χ1v) is 22.2. The molecule has 1 amide bonds. The van der Waals surface area contributed by atoms with E-state index in [1.54, 1.807) is 67.6 Å². The topological polar surface area (TPSA) is 156 Å². The number of methoxy groups -OCH3 is 1. The maximum atomic E-state index is 15.1. The van der Waals surface area contributed by atoms with Crippen LogP contribution < -0.4 is 26.0 Å². The maximum absolute atomic E-state index is 15.1. The molecular formula is C50H59N5O8. The summed E-state index contributed by atoms with van der Waals surface area (Å²) in [5.41, 5.74) is 0.309. The van der Waals surface area contributed by atoms with Crippen molar-refractivity contribution >= 4 is 28.5 Å². The van der Waals surface area contributed by atoms with Gasteiger partial charge in [-0.25, -0.2) is 19.1 Å². The van der Waals surface area contributed by atoms with Crippen molar-refractivity contribution in [2.45, 2.75) is 103 Å². The van der Waals surface area contributed by atoms with Crippen LogP contribution in [0, 0.1) is 0 Å². The average Bonchev–Trinajstić information content (AvgIpc) is 3.52. The van der Waals surface area contributed by atoms with Crippen LogP contribution >= 0.6 is 0 Å². The average molecular weight is 858 g/mol. The fourth-order valence-electron chi connectivity index (χ4n) is 7.78. The van der Waals surface area contributed by atoms with E-state index in [9.17, 15) is 19.5 Å². The Bertz CT molecular complexity index is 2550. The number of hydrogen-bond acceptors (Lipinski definition) is 9. The van der Waals surface area contributed by atoms with Crippen LogP contribution in [0.5, 0.6) is 17.5 Å². The lowest BCUT2D eigenvalue weighted by Crippen LogP contribution is -2.39. The van der Waals surface area contributed by atoms with Crippen LogP contribution in [-0.2, 0) is 16.1 Å². The number of aromatic hydroxyl groups is 1. The first kappa shape index (κ1) is 45.9. The fourth-order valence-corrected chi connectivity index (χ4v) is 7.78. The number of carbonyl (C=O) groups excluding carboxylic acids is 2. The first-order chi connectivity index (χ1) is 30.8. The van der Waals surface area contributed by atoms with Crippen LogP contribution in [0.3, 0.4) is 0 Å². The number of hydrogen-bond donors (Lipinski definition) is 2. The molecule has 13 heteroatoms. The highest BCUT2D eigenvalue weighted by Gasteiger charge is 2.36. The number of para-hydroxylation sites is 2. The number of benzene rings is 4. The highest BCUT2D eigenvalue weighted by Crippen LogP contribution is 2.34. The molecule has 0 aliphatic carbocycles. The van der Waals surface area contributed by atoms with Crippen LogP contribution in [0.25, 0.3) is 16.6 Å².